The summed E-state index contributed by atoms with van der Waals surface area (Å²) in [4.78, 5) is 0. The van der Waals surface area contributed by atoms with Crippen LogP contribution in [-0.4, -0.2) is 24.3 Å². The normalized spacial score (nSPS) is 13.0. The number of hydrogen-bond acceptors (Lipinski definition) is 0. The second kappa shape index (κ2) is 21.9. The van der Waals surface area contributed by atoms with E-state index in [0.717, 1.165) is 8.61 Å². The quantitative estimate of drug-likeness (QED) is 0.0927. The summed E-state index contributed by atoms with van der Waals surface area (Å²) in [6.45, 7) is 59.2. The van der Waals surface area contributed by atoms with Crippen molar-refractivity contribution in [1.82, 2.24) is 0 Å². The molecule has 346 valence electrons. The van der Waals surface area contributed by atoms with Crippen molar-refractivity contribution in [2.45, 2.75) is 237 Å². The third kappa shape index (κ3) is 11.7. The van der Waals surface area contributed by atoms with E-state index in [1.54, 1.807) is 65.3 Å². The van der Waals surface area contributed by atoms with Crippen LogP contribution in [0.2, 0.25) is 0 Å². The fourth-order valence-electron chi connectivity index (χ4n) is 9.58. The van der Waals surface area contributed by atoms with Crippen LogP contribution in [0.1, 0.15) is 304 Å². The van der Waals surface area contributed by atoms with E-state index >= 15 is 0 Å². The zero-order chi connectivity index (χ0) is 47.7. The molecule has 0 aromatic heterocycles. The summed E-state index contributed by atoms with van der Waals surface area (Å²) in [6, 6.07) is 21.5. The van der Waals surface area contributed by atoms with Gasteiger partial charge in [-0.1, -0.05) is 248 Å². The Bertz CT molecular complexity index is 2020. The van der Waals surface area contributed by atoms with E-state index < -0.39 is 15.7 Å². The zero-order valence-corrected chi connectivity index (χ0v) is 48.0. The molecule has 0 aliphatic carbocycles. The van der Waals surface area contributed by atoms with Crippen molar-refractivity contribution < 1.29 is 0 Å². The molecule has 0 N–H and O–H groups in total. The molecule has 3 heteroatoms. The Hall–Kier alpha value is -2.47. The largest absolute Gasteiger partial charge is 0.449 e. The van der Waals surface area contributed by atoms with Crippen LogP contribution < -0.4 is 20.7 Å². The summed E-state index contributed by atoms with van der Waals surface area (Å²) in [7, 11) is -2.18. The van der Waals surface area contributed by atoms with Crippen molar-refractivity contribution >= 4 is 45.1 Å². The molecular formula is C60H92Si3-2. The standard InChI is InChI=1S/C60H92Si3/c1-33(2)45-25-49(37(9)10)57(50(26-45)38(11)12)61-63(60-55(43(21)22)31-48(36(7)8)32-56(60)44(23)24)62(58-51(39(13)14)27-46(34(3)4)28-52(58)40(15)16)59-53(41(17)18)29-47(35(5)6)30-54(59)42(19)20/h25-44H,1-24H3/q-2. The molecule has 0 heterocycles. The highest BCUT2D eigenvalue weighted by atomic mass is 29.4. The molecule has 4 rings (SSSR count). The molecule has 0 aliphatic heterocycles. The Morgan fingerprint density at radius 1 is 0.286 bits per heavy atom. The van der Waals surface area contributed by atoms with Crippen molar-refractivity contribution in [2.75, 3.05) is 0 Å². The summed E-state index contributed by atoms with van der Waals surface area (Å²) < 4.78 is 0. The molecule has 0 nitrogen and oxygen atoms in total. The molecule has 63 heavy (non-hydrogen) atoms. The third-order valence-corrected chi connectivity index (χ3v) is 28.0. The van der Waals surface area contributed by atoms with Gasteiger partial charge in [-0.05, 0) is 104 Å². The molecule has 4 aromatic carbocycles. The predicted molar refractivity (Wildman–Crippen MR) is 291 cm³/mol. The first-order chi connectivity index (χ1) is 29.2. The van der Waals surface area contributed by atoms with Gasteiger partial charge in [0.05, 0.1) is 0 Å². The molecular weight excluding hydrogens is 805 g/mol. The fourth-order valence-corrected chi connectivity index (χ4v) is 28.6. The molecule has 0 aliphatic rings. The van der Waals surface area contributed by atoms with Crippen LogP contribution >= 0.6 is 0 Å². The summed E-state index contributed by atoms with van der Waals surface area (Å²) in [5.74, 6) is 5.36. The summed E-state index contributed by atoms with van der Waals surface area (Å²) >= 11 is 0. The van der Waals surface area contributed by atoms with Gasteiger partial charge in [-0.25, -0.2) is 5.19 Å². The lowest BCUT2D eigenvalue weighted by Gasteiger charge is -2.52. The summed E-state index contributed by atoms with van der Waals surface area (Å²) in [6.07, 6.45) is 0. The number of benzene rings is 4. The van der Waals surface area contributed by atoms with Crippen LogP contribution in [-0.2, 0) is 0 Å². The van der Waals surface area contributed by atoms with Crippen molar-refractivity contribution in [2.24, 2.45) is 0 Å². The SMILES string of the molecule is CC(C)c1cc(C(C)C)c([Si-]=[Si](c2c(C(C)C)cc(C(C)C)cc2C(C)C)[Si-](c2c(C(C)C)cc(C(C)C)cc2C(C)C)c2c(C(C)C)cc(C(C)C)cc2C(C)C)c(C(C)C)c1. The van der Waals surface area contributed by atoms with E-state index in [1.807, 2.05) is 0 Å². The fraction of sp³-hybridized carbons (Fsp3) is 0.600. The van der Waals surface area contributed by atoms with Gasteiger partial charge in [-0.15, -0.1) is 5.19 Å². The number of rotatable bonds is 17. The van der Waals surface area contributed by atoms with Crippen molar-refractivity contribution in [1.29, 1.82) is 0 Å². The van der Waals surface area contributed by atoms with Gasteiger partial charge < -0.3 is 16.0 Å². The average molecular weight is 898 g/mol. The second-order valence-electron chi connectivity index (χ2n) is 23.0. The predicted octanol–water partition coefficient (Wildman–Crippen LogP) is 15.8. The Kier molecular flexibility index (Phi) is 18.5. The lowest BCUT2D eigenvalue weighted by atomic mass is 9.89. The molecule has 0 fully saturated rings. The maximum absolute atomic E-state index is 2.70. The average Bonchev–Trinajstić information content (AvgIpc) is 3.18. The van der Waals surface area contributed by atoms with Crippen molar-refractivity contribution in [3.05, 3.63) is 115 Å². The van der Waals surface area contributed by atoms with Gasteiger partial charge in [-0.2, -0.15) is 10.4 Å². The first-order valence-corrected chi connectivity index (χ1v) is 31.4. The smallest absolute Gasteiger partial charge is 0.0219 e. The van der Waals surface area contributed by atoms with E-state index in [4.69, 9.17) is 0 Å². The Morgan fingerprint density at radius 3 is 0.698 bits per heavy atom. The van der Waals surface area contributed by atoms with E-state index in [0.29, 0.717) is 71.0 Å². The molecule has 0 saturated carbocycles. The first-order valence-electron chi connectivity index (χ1n) is 25.4. The summed E-state index contributed by atoms with van der Waals surface area (Å²) in [5.41, 5.74) is 19.0. The second-order valence-corrected chi connectivity index (χ2v) is 33.5. The minimum Gasteiger partial charge on any atom is -0.449 e. The topological polar surface area (TPSA) is 0 Å². The van der Waals surface area contributed by atoms with E-state index in [1.165, 1.54) is 22.3 Å². The van der Waals surface area contributed by atoms with Crippen LogP contribution in [0, 0.1) is 0 Å². The van der Waals surface area contributed by atoms with Crippen LogP contribution in [0.15, 0.2) is 48.5 Å². The lowest BCUT2D eigenvalue weighted by Crippen LogP contribution is -2.63. The monoisotopic (exact) mass is 897 g/mol. The first kappa shape index (κ1) is 53.1. The number of hydrogen-bond donors (Lipinski definition) is 0. The van der Waals surface area contributed by atoms with Gasteiger partial charge in [0.2, 0.25) is 0 Å². The van der Waals surface area contributed by atoms with E-state index in [9.17, 15) is 0 Å². The summed E-state index contributed by atoms with van der Waals surface area (Å²) in [5, 5.41) is 7.02. The molecule has 0 bridgehead atoms. The highest BCUT2D eigenvalue weighted by Gasteiger charge is 2.26. The van der Waals surface area contributed by atoms with Gasteiger partial charge in [-0.3, -0.25) is 8.31 Å². The van der Waals surface area contributed by atoms with E-state index in [2.05, 4.69) is 215 Å². The minimum atomic E-state index is -1.51. The zero-order valence-electron chi connectivity index (χ0n) is 45.0. The minimum absolute atomic E-state index is 0.419. The Balaban J connectivity index is 2.64. The molecule has 0 spiro atoms. The van der Waals surface area contributed by atoms with Gasteiger partial charge >= 0.3 is 0 Å². The highest BCUT2D eigenvalue weighted by molar-refractivity contribution is 7.44. The van der Waals surface area contributed by atoms with Gasteiger partial charge in [0, 0.05) is 0 Å². The van der Waals surface area contributed by atoms with Crippen LogP contribution in [0.3, 0.4) is 0 Å². The third-order valence-electron chi connectivity index (χ3n) is 13.8. The van der Waals surface area contributed by atoms with Gasteiger partial charge in [0.15, 0.2) is 0 Å². The molecule has 0 radical (unpaired) electrons. The van der Waals surface area contributed by atoms with Crippen LogP contribution in [0.5, 0.6) is 0 Å². The van der Waals surface area contributed by atoms with Crippen molar-refractivity contribution in [3.63, 3.8) is 0 Å². The molecule has 4 aromatic rings. The van der Waals surface area contributed by atoms with Gasteiger partial charge in [0.1, 0.15) is 0 Å². The molecule has 0 unspecified atom stereocenters. The molecule has 0 amide bonds. The maximum atomic E-state index is 2.70. The lowest BCUT2D eigenvalue weighted by molar-refractivity contribution is 0.809. The Morgan fingerprint density at radius 2 is 0.492 bits per heavy atom. The van der Waals surface area contributed by atoms with Crippen LogP contribution in [0.25, 0.3) is 0 Å². The maximum Gasteiger partial charge on any atom is -0.0219 e. The molecule has 0 saturated heterocycles. The van der Waals surface area contributed by atoms with Gasteiger partial charge in [0.25, 0.3) is 0 Å². The Labute approximate surface area is 395 Å². The van der Waals surface area contributed by atoms with Crippen molar-refractivity contribution in [3.8, 4) is 0 Å². The van der Waals surface area contributed by atoms with Crippen LogP contribution in [0.4, 0.5) is 0 Å². The molecule has 0 atom stereocenters. The van der Waals surface area contributed by atoms with E-state index in [-0.39, 0.29) is 0 Å². The highest BCUT2D eigenvalue weighted by Crippen LogP contribution is 2.33.